The normalized spacial score (nSPS) is 23.2. The smallest absolute Gasteiger partial charge is 0.226 e. The SMILES string of the molecule is CC(C)(O)c1coc(-c2ccc([C@]3(c4ccc(OCc5ccccn5)cc4)CC4CCC3C4)cc2)n1. The Morgan fingerprint density at radius 3 is 2.33 bits per heavy atom. The molecule has 2 aromatic carbocycles. The fourth-order valence-corrected chi connectivity index (χ4v) is 6.29. The molecule has 2 fully saturated rings. The van der Waals surface area contributed by atoms with Crippen molar-refractivity contribution in [1.82, 2.24) is 9.97 Å². The van der Waals surface area contributed by atoms with Crippen molar-refractivity contribution in [2.24, 2.45) is 11.8 Å². The summed E-state index contributed by atoms with van der Waals surface area (Å²) in [5, 5.41) is 10.2. The van der Waals surface area contributed by atoms with Gasteiger partial charge >= 0.3 is 0 Å². The first-order valence-electron chi connectivity index (χ1n) is 12.8. The van der Waals surface area contributed by atoms with Crippen LogP contribution in [-0.2, 0) is 17.6 Å². The average molecular weight is 481 g/mol. The summed E-state index contributed by atoms with van der Waals surface area (Å²) >= 11 is 0. The lowest BCUT2D eigenvalue weighted by Crippen LogP contribution is -2.34. The van der Waals surface area contributed by atoms with Gasteiger partial charge in [0.1, 0.15) is 29.9 Å². The number of hydrogen-bond acceptors (Lipinski definition) is 5. The minimum absolute atomic E-state index is 0.0236. The third kappa shape index (κ3) is 4.11. The van der Waals surface area contributed by atoms with E-state index in [1.54, 1.807) is 20.0 Å². The molecule has 2 aromatic heterocycles. The molecule has 1 N–H and O–H groups in total. The number of fused-ring (bicyclic) bond motifs is 2. The van der Waals surface area contributed by atoms with Gasteiger partial charge in [-0.1, -0.05) is 36.8 Å². The number of oxazole rings is 1. The van der Waals surface area contributed by atoms with Crippen LogP contribution in [0.3, 0.4) is 0 Å². The summed E-state index contributed by atoms with van der Waals surface area (Å²) in [7, 11) is 0. The van der Waals surface area contributed by atoms with Crippen LogP contribution >= 0.6 is 0 Å². The van der Waals surface area contributed by atoms with Crippen molar-refractivity contribution in [1.29, 1.82) is 0 Å². The van der Waals surface area contributed by atoms with E-state index in [0.29, 0.717) is 24.1 Å². The second-order valence-electron chi connectivity index (χ2n) is 10.9. The highest BCUT2D eigenvalue weighted by atomic mass is 16.5. The van der Waals surface area contributed by atoms with E-state index in [2.05, 4.69) is 58.5 Å². The van der Waals surface area contributed by atoms with Gasteiger partial charge in [0.05, 0.1) is 5.69 Å². The van der Waals surface area contributed by atoms with Crippen LogP contribution in [0.15, 0.2) is 83.6 Å². The summed E-state index contributed by atoms with van der Waals surface area (Å²) in [4.78, 5) is 8.85. The van der Waals surface area contributed by atoms with Gasteiger partial charge in [-0.15, -0.1) is 0 Å². The average Bonchev–Trinajstić information content (AvgIpc) is 3.65. The molecule has 0 amide bonds. The number of nitrogens with zero attached hydrogens (tertiary/aromatic N) is 2. The maximum absolute atomic E-state index is 10.2. The molecule has 5 heteroatoms. The van der Waals surface area contributed by atoms with Gasteiger partial charge < -0.3 is 14.3 Å². The lowest BCUT2D eigenvalue weighted by molar-refractivity contribution is 0.0738. The van der Waals surface area contributed by atoms with Crippen molar-refractivity contribution < 1.29 is 14.3 Å². The minimum Gasteiger partial charge on any atom is -0.487 e. The maximum Gasteiger partial charge on any atom is 0.226 e. The maximum atomic E-state index is 10.2. The van der Waals surface area contributed by atoms with E-state index in [-0.39, 0.29) is 5.41 Å². The Balaban J connectivity index is 1.27. The predicted octanol–water partition coefficient (Wildman–Crippen LogP) is 6.65. The van der Waals surface area contributed by atoms with Crippen molar-refractivity contribution >= 4 is 0 Å². The molecule has 4 aromatic rings. The van der Waals surface area contributed by atoms with Crippen LogP contribution in [0.25, 0.3) is 11.5 Å². The topological polar surface area (TPSA) is 68.4 Å². The summed E-state index contributed by atoms with van der Waals surface area (Å²) in [6, 6.07) is 23.3. The Kier molecular flexibility index (Phi) is 5.68. The molecule has 0 saturated heterocycles. The van der Waals surface area contributed by atoms with Crippen molar-refractivity contribution in [2.45, 2.75) is 57.2 Å². The van der Waals surface area contributed by atoms with Crippen molar-refractivity contribution in [2.75, 3.05) is 0 Å². The monoisotopic (exact) mass is 480 g/mol. The van der Waals surface area contributed by atoms with E-state index >= 15 is 0 Å². The highest BCUT2D eigenvalue weighted by Gasteiger charge is 2.52. The van der Waals surface area contributed by atoms with E-state index in [1.165, 1.54) is 43.1 Å². The van der Waals surface area contributed by atoms with Crippen LogP contribution in [0.2, 0.25) is 0 Å². The summed E-state index contributed by atoms with van der Waals surface area (Å²) in [5.74, 6) is 2.84. The van der Waals surface area contributed by atoms with Gasteiger partial charge in [-0.05, 0) is 92.5 Å². The molecule has 36 heavy (non-hydrogen) atoms. The molecule has 0 radical (unpaired) electrons. The standard InChI is InChI=1S/C31H32N2O3/c1-30(2,34)28-20-36-29(33-28)22-7-10-23(11-8-22)31(18-21-6-9-25(31)17-21)24-12-14-27(15-13-24)35-19-26-5-3-4-16-32-26/h3-5,7-8,10-16,20-21,25,34H,6,9,17-19H2,1-2H3/t21?,25?,31-/m0/s1. The van der Waals surface area contributed by atoms with E-state index in [0.717, 1.165) is 22.9 Å². The van der Waals surface area contributed by atoms with Gasteiger partial charge in [0.15, 0.2) is 0 Å². The largest absolute Gasteiger partial charge is 0.487 e. The second kappa shape index (κ2) is 8.90. The fraction of sp³-hybridized carbons (Fsp3) is 0.355. The Bertz CT molecular complexity index is 1320. The summed E-state index contributed by atoms with van der Waals surface area (Å²) in [6.07, 6.45) is 8.44. The zero-order valence-corrected chi connectivity index (χ0v) is 20.9. The van der Waals surface area contributed by atoms with Crippen molar-refractivity contribution in [3.05, 3.63) is 102 Å². The molecule has 2 aliphatic rings. The summed E-state index contributed by atoms with van der Waals surface area (Å²) < 4.78 is 11.7. The molecule has 2 heterocycles. The molecular weight excluding hydrogens is 448 g/mol. The predicted molar refractivity (Wildman–Crippen MR) is 138 cm³/mol. The molecule has 2 unspecified atom stereocenters. The van der Waals surface area contributed by atoms with Crippen molar-refractivity contribution in [3.63, 3.8) is 0 Å². The number of aliphatic hydroxyl groups is 1. The molecule has 184 valence electrons. The van der Waals surface area contributed by atoms with Crippen LogP contribution in [0, 0.1) is 11.8 Å². The molecule has 2 saturated carbocycles. The molecular formula is C31H32N2O3. The van der Waals surface area contributed by atoms with Gasteiger partial charge in [-0.25, -0.2) is 4.98 Å². The lowest BCUT2D eigenvalue weighted by Gasteiger charge is -2.39. The van der Waals surface area contributed by atoms with E-state index in [4.69, 9.17) is 9.15 Å². The van der Waals surface area contributed by atoms with Gasteiger partial charge in [0.25, 0.3) is 0 Å². The van der Waals surface area contributed by atoms with E-state index in [9.17, 15) is 5.11 Å². The lowest BCUT2D eigenvalue weighted by atomic mass is 9.64. The Labute approximate surface area is 212 Å². The van der Waals surface area contributed by atoms with Crippen LogP contribution < -0.4 is 4.74 Å². The van der Waals surface area contributed by atoms with E-state index in [1.807, 2.05) is 18.2 Å². The van der Waals surface area contributed by atoms with E-state index < -0.39 is 5.60 Å². The number of rotatable bonds is 7. The number of pyridine rings is 1. The first kappa shape index (κ1) is 23.0. The molecule has 0 spiro atoms. The first-order chi connectivity index (χ1) is 17.4. The zero-order valence-electron chi connectivity index (χ0n) is 20.9. The number of aromatic nitrogens is 2. The highest BCUT2D eigenvalue weighted by Crippen LogP contribution is 2.60. The molecule has 5 nitrogen and oxygen atoms in total. The van der Waals surface area contributed by atoms with Crippen LogP contribution in [-0.4, -0.2) is 15.1 Å². The number of benzene rings is 2. The van der Waals surface area contributed by atoms with Gasteiger partial charge in [0, 0.05) is 17.2 Å². The van der Waals surface area contributed by atoms with Crippen LogP contribution in [0.4, 0.5) is 0 Å². The Hall–Kier alpha value is -3.44. The Morgan fingerprint density at radius 1 is 1.00 bits per heavy atom. The van der Waals surface area contributed by atoms with Crippen molar-refractivity contribution in [3.8, 4) is 17.2 Å². The number of hydrogen-bond donors (Lipinski definition) is 1. The quantitative estimate of drug-likeness (QED) is 0.321. The zero-order chi connectivity index (χ0) is 24.8. The molecule has 2 aliphatic carbocycles. The third-order valence-electron chi connectivity index (χ3n) is 8.11. The minimum atomic E-state index is -1.03. The summed E-state index contributed by atoms with van der Waals surface area (Å²) in [6.45, 7) is 3.89. The molecule has 0 aliphatic heterocycles. The molecule has 6 rings (SSSR count). The second-order valence-corrected chi connectivity index (χ2v) is 10.9. The molecule has 3 atom stereocenters. The van der Waals surface area contributed by atoms with Gasteiger partial charge in [-0.2, -0.15) is 0 Å². The molecule has 2 bridgehead atoms. The van der Waals surface area contributed by atoms with Gasteiger partial charge in [0.2, 0.25) is 5.89 Å². The van der Waals surface area contributed by atoms with Crippen LogP contribution in [0.5, 0.6) is 5.75 Å². The fourth-order valence-electron chi connectivity index (χ4n) is 6.29. The third-order valence-corrected chi connectivity index (χ3v) is 8.11. The Morgan fingerprint density at radius 2 is 1.75 bits per heavy atom. The highest BCUT2D eigenvalue weighted by molar-refractivity contribution is 5.56. The summed E-state index contributed by atoms with van der Waals surface area (Å²) in [5.41, 5.74) is 4.11. The first-order valence-corrected chi connectivity index (χ1v) is 12.8. The van der Waals surface area contributed by atoms with Gasteiger partial charge in [-0.3, -0.25) is 4.98 Å². The number of ether oxygens (including phenoxy) is 1. The van der Waals surface area contributed by atoms with Crippen LogP contribution in [0.1, 0.15) is 62.0 Å².